The summed E-state index contributed by atoms with van der Waals surface area (Å²) in [4.78, 5) is -0.0278. The fourth-order valence-electron chi connectivity index (χ4n) is 1.82. The van der Waals surface area contributed by atoms with Gasteiger partial charge in [-0.1, -0.05) is 13.8 Å². The largest absolute Gasteiger partial charge is 0.397 e. The van der Waals surface area contributed by atoms with Gasteiger partial charge in [-0.15, -0.1) is 0 Å². The summed E-state index contributed by atoms with van der Waals surface area (Å²) in [5.41, 5.74) is 6.66. The number of primary sulfonamides is 1. The summed E-state index contributed by atoms with van der Waals surface area (Å²) in [5.74, 6) is 0.426. The van der Waals surface area contributed by atoms with E-state index in [1.54, 1.807) is 6.07 Å². The average molecular weight is 287 g/mol. The number of aliphatic hydroxyl groups is 1. The number of nitrogens with one attached hydrogen (secondary N) is 1. The lowest BCUT2D eigenvalue weighted by Gasteiger charge is -2.20. The van der Waals surface area contributed by atoms with Crippen molar-refractivity contribution in [3.05, 3.63) is 18.2 Å². The van der Waals surface area contributed by atoms with Crippen LogP contribution in [0.3, 0.4) is 0 Å². The number of sulfonamides is 1. The number of hydrogen-bond donors (Lipinski definition) is 4. The number of rotatable bonds is 6. The van der Waals surface area contributed by atoms with Gasteiger partial charge in [-0.25, -0.2) is 13.6 Å². The Bertz CT molecular complexity index is 529. The third-order valence-corrected chi connectivity index (χ3v) is 3.60. The Morgan fingerprint density at radius 1 is 1.37 bits per heavy atom. The molecule has 6 N–H and O–H groups in total. The van der Waals surface area contributed by atoms with Crippen LogP contribution in [0.5, 0.6) is 0 Å². The smallest absolute Gasteiger partial charge is 0.238 e. The zero-order valence-corrected chi connectivity index (χ0v) is 11.9. The minimum Gasteiger partial charge on any atom is -0.397 e. The summed E-state index contributed by atoms with van der Waals surface area (Å²) in [6, 6.07) is 4.12. The Balaban J connectivity index is 2.91. The van der Waals surface area contributed by atoms with E-state index in [2.05, 4.69) is 19.2 Å². The van der Waals surface area contributed by atoms with E-state index < -0.39 is 10.0 Å². The molecule has 0 aromatic heterocycles. The molecule has 19 heavy (non-hydrogen) atoms. The Kier molecular flexibility index (Phi) is 5.16. The van der Waals surface area contributed by atoms with E-state index in [1.807, 2.05) is 0 Å². The van der Waals surface area contributed by atoms with Crippen molar-refractivity contribution < 1.29 is 13.5 Å². The molecule has 6 nitrogen and oxygen atoms in total. The molecule has 108 valence electrons. The second-order valence-corrected chi connectivity index (χ2v) is 6.51. The molecule has 0 bridgehead atoms. The summed E-state index contributed by atoms with van der Waals surface area (Å²) in [6.07, 6.45) is 0.785. The van der Waals surface area contributed by atoms with Gasteiger partial charge in [0.25, 0.3) is 0 Å². The highest BCUT2D eigenvalue weighted by Crippen LogP contribution is 2.23. The summed E-state index contributed by atoms with van der Waals surface area (Å²) in [6.45, 7) is 4.09. The third-order valence-electron chi connectivity index (χ3n) is 2.69. The molecule has 0 heterocycles. The van der Waals surface area contributed by atoms with Crippen molar-refractivity contribution in [3.8, 4) is 0 Å². The van der Waals surface area contributed by atoms with Crippen LogP contribution in [0.25, 0.3) is 0 Å². The van der Waals surface area contributed by atoms with Gasteiger partial charge < -0.3 is 16.2 Å². The van der Waals surface area contributed by atoms with Gasteiger partial charge in [0.1, 0.15) is 0 Å². The first-order valence-corrected chi connectivity index (χ1v) is 7.58. The zero-order valence-electron chi connectivity index (χ0n) is 11.1. The molecular weight excluding hydrogens is 266 g/mol. The van der Waals surface area contributed by atoms with Crippen LogP contribution in [0, 0.1) is 5.92 Å². The number of aliphatic hydroxyl groups excluding tert-OH is 1. The molecule has 0 aliphatic heterocycles. The monoisotopic (exact) mass is 287 g/mol. The molecule has 1 aromatic carbocycles. The van der Waals surface area contributed by atoms with Crippen LogP contribution in [-0.2, 0) is 10.0 Å². The molecule has 1 atom stereocenters. The molecule has 1 aromatic rings. The van der Waals surface area contributed by atoms with Gasteiger partial charge in [0.15, 0.2) is 0 Å². The first kappa shape index (κ1) is 15.7. The van der Waals surface area contributed by atoms with Gasteiger partial charge in [-0.05, 0) is 30.5 Å². The minimum atomic E-state index is -3.75. The van der Waals surface area contributed by atoms with Crippen molar-refractivity contribution in [3.63, 3.8) is 0 Å². The normalized spacial score (nSPS) is 13.5. The van der Waals surface area contributed by atoms with E-state index in [1.165, 1.54) is 12.1 Å². The van der Waals surface area contributed by atoms with Crippen LogP contribution >= 0.6 is 0 Å². The average Bonchev–Trinajstić information content (AvgIpc) is 2.28. The van der Waals surface area contributed by atoms with Crippen LogP contribution in [0.4, 0.5) is 11.4 Å². The first-order chi connectivity index (χ1) is 8.74. The molecule has 7 heteroatoms. The number of hydrogen-bond acceptors (Lipinski definition) is 5. The lowest BCUT2D eigenvalue weighted by atomic mass is 10.0. The first-order valence-electron chi connectivity index (χ1n) is 6.03. The van der Waals surface area contributed by atoms with E-state index >= 15 is 0 Å². The number of anilines is 2. The minimum absolute atomic E-state index is 0.0193. The number of nitrogen functional groups attached to an aromatic ring is 1. The summed E-state index contributed by atoms with van der Waals surface area (Å²) < 4.78 is 22.4. The molecule has 0 amide bonds. The van der Waals surface area contributed by atoms with E-state index in [9.17, 15) is 13.5 Å². The molecule has 0 saturated carbocycles. The fraction of sp³-hybridized carbons (Fsp3) is 0.500. The van der Waals surface area contributed by atoms with Crippen molar-refractivity contribution in [1.82, 2.24) is 0 Å². The zero-order chi connectivity index (χ0) is 14.6. The maximum atomic E-state index is 11.2. The lowest BCUT2D eigenvalue weighted by Crippen LogP contribution is -2.26. The van der Waals surface area contributed by atoms with Crippen LogP contribution in [-0.4, -0.2) is 26.2 Å². The Morgan fingerprint density at radius 3 is 2.42 bits per heavy atom. The number of benzene rings is 1. The van der Waals surface area contributed by atoms with Crippen molar-refractivity contribution in [1.29, 1.82) is 0 Å². The van der Waals surface area contributed by atoms with E-state index in [4.69, 9.17) is 10.9 Å². The molecular formula is C12H21N3O3S. The highest BCUT2D eigenvalue weighted by atomic mass is 32.2. The van der Waals surface area contributed by atoms with Gasteiger partial charge >= 0.3 is 0 Å². The van der Waals surface area contributed by atoms with Gasteiger partial charge in [0.05, 0.1) is 22.9 Å². The van der Waals surface area contributed by atoms with E-state index in [-0.39, 0.29) is 23.2 Å². The summed E-state index contributed by atoms with van der Waals surface area (Å²) in [5, 5.41) is 17.4. The molecule has 0 aliphatic rings. The van der Waals surface area contributed by atoms with Gasteiger partial charge in [-0.2, -0.15) is 0 Å². The van der Waals surface area contributed by atoms with Crippen molar-refractivity contribution >= 4 is 21.4 Å². The Morgan fingerprint density at radius 2 is 2.00 bits per heavy atom. The van der Waals surface area contributed by atoms with Crippen LogP contribution in [0.1, 0.15) is 20.3 Å². The quantitative estimate of drug-likeness (QED) is 0.575. The maximum Gasteiger partial charge on any atom is 0.238 e. The number of nitrogens with two attached hydrogens (primary N) is 2. The Hall–Kier alpha value is -1.31. The second-order valence-electron chi connectivity index (χ2n) is 4.95. The maximum absolute atomic E-state index is 11.2. The lowest BCUT2D eigenvalue weighted by molar-refractivity contribution is 0.259. The molecule has 0 saturated heterocycles. The van der Waals surface area contributed by atoms with Crippen LogP contribution in [0.2, 0.25) is 0 Å². The predicted molar refractivity (Wildman–Crippen MR) is 76.2 cm³/mol. The van der Waals surface area contributed by atoms with Crippen LogP contribution in [0.15, 0.2) is 23.1 Å². The molecule has 0 spiro atoms. The van der Waals surface area contributed by atoms with Crippen molar-refractivity contribution in [2.24, 2.45) is 11.1 Å². The summed E-state index contributed by atoms with van der Waals surface area (Å²) >= 11 is 0. The topological polar surface area (TPSA) is 118 Å². The fourth-order valence-corrected chi connectivity index (χ4v) is 2.37. The molecule has 0 radical (unpaired) electrons. The molecule has 1 unspecified atom stereocenters. The third kappa shape index (κ3) is 4.70. The highest BCUT2D eigenvalue weighted by molar-refractivity contribution is 7.89. The Labute approximate surface area is 113 Å². The predicted octanol–water partition coefficient (Wildman–Crippen LogP) is 0.735. The SMILES string of the molecule is CC(C)CC(CO)Nc1ccc(S(N)(=O)=O)cc1N. The van der Waals surface area contributed by atoms with Crippen molar-refractivity contribution in [2.75, 3.05) is 17.7 Å². The standard InChI is InChI=1S/C12H21N3O3S/c1-8(2)5-9(7-16)15-12-4-3-10(6-11(12)13)19(14,17)18/h3-4,6,8-9,15-16H,5,7,13H2,1-2H3,(H2,14,17,18). The van der Waals surface area contributed by atoms with Crippen molar-refractivity contribution in [2.45, 2.75) is 31.2 Å². The van der Waals surface area contributed by atoms with Gasteiger partial charge in [-0.3, -0.25) is 0 Å². The molecule has 0 aliphatic carbocycles. The van der Waals surface area contributed by atoms with Gasteiger partial charge in [0.2, 0.25) is 10.0 Å². The molecule has 1 rings (SSSR count). The second kappa shape index (κ2) is 6.23. The van der Waals surface area contributed by atoms with E-state index in [0.29, 0.717) is 11.6 Å². The van der Waals surface area contributed by atoms with Crippen LogP contribution < -0.4 is 16.2 Å². The summed E-state index contributed by atoms with van der Waals surface area (Å²) in [7, 11) is -3.75. The van der Waals surface area contributed by atoms with Gasteiger partial charge in [0, 0.05) is 6.04 Å². The highest BCUT2D eigenvalue weighted by Gasteiger charge is 2.13. The van der Waals surface area contributed by atoms with E-state index in [0.717, 1.165) is 6.42 Å². The molecule has 0 fully saturated rings.